The monoisotopic (exact) mass is 409 g/mol. The Kier molecular flexibility index (Phi) is 6.14. The molecule has 1 aliphatic heterocycles. The van der Waals surface area contributed by atoms with Crippen molar-refractivity contribution in [2.75, 3.05) is 37.0 Å². The van der Waals surface area contributed by atoms with Gasteiger partial charge < -0.3 is 15.1 Å². The summed E-state index contributed by atoms with van der Waals surface area (Å²) in [6.07, 6.45) is -0.346. The van der Waals surface area contributed by atoms with E-state index >= 15 is 0 Å². The number of anilines is 2. The summed E-state index contributed by atoms with van der Waals surface area (Å²) >= 11 is 0. The Morgan fingerprint density at radius 1 is 1.14 bits per heavy atom. The molecule has 2 aromatic rings. The SMILES string of the molecule is CN(C)c1nc(CNC(=O)c2ccc(C(F)(F)F)nc2)nc(N2CCCCC2)n1. The van der Waals surface area contributed by atoms with Crippen molar-refractivity contribution in [3.8, 4) is 0 Å². The van der Waals surface area contributed by atoms with Gasteiger partial charge in [0.2, 0.25) is 11.9 Å². The topological polar surface area (TPSA) is 87.1 Å². The molecule has 2 aromatic heterocycles. The number of piperidine rings is 1. The summed E-state index contributed by atoms with van der Waals surface area (Å²) in [4.78, 5) is 32.7. The Hall–Kier alpha value is -2.98. The number of alkyl halides is 3. The summed E-state index contributed by atoms with van der Waals surface area (Å²) in [5.74, 6) is 0.847. The average Bonchev–Trinajstić information content (AvgIpc) is 2.72. The molecule has 1 amide bonds. The van der Waals surface area contributed by atoms with E-state index in [4.69, 9.17) is 0 Å². The number of pyridine rings is 1. The summed E-state index contributed by atoms with van der Waals surface area (Å²) < 4.78 is 37.8. The standard InChI is InChI=1S/C18H22F3N7O/c1-27(2)16-24-14(25-17(26-16)28-8-4-3-5-9-28)11-23-15(29)12-6-7-13(22-10-12)18(19,20)21/h6-7,10H,3-5,8-9,11H2,1-2H3,(H,23,29). The van der Waals surface area contributed by atoms with Crippen LogP contribution in [-0.2, 0) is 12.7 Å². The zero-order chi connectivity index (χ0) is 21.0. The number of hydrogen-bond acceptors (Lipinski definition) is 7. The van der Waals surface area contributed by atoms with E-state index in [9.17, 15) is 18.0 Å². The number of halogens is 3. The zero-order valence-corrected chi connectivity index (χ0v) is 16.2. The molecule has 0 atom stereocenters. The molecule has 29 heavy (non-hydrogen) atoms. The van der Waals surface area contributed by atoms with Crippen LogP contribution in [0.5, 0.6) is 0 Å². The number of carbonyl (C=O) groups excluding carboxylic acids is 1. The molecule has 1 N–H and O–H groups in total. The molecule has 0 spiro atoms. The number of aromatic nitrogens is 4. The van der Waals surface area contributed by atoms with E-state index in [1.54, 1.807) is 4.90 Å². The van der Waals surface area contributed by atoms with Crippen LogP contribution < -0.4 is 15.1 Å². The van der Waals surface area contributed by atoms with Crippen molar-refractivity contribution in [2.45, 2.75) is 32.0 Å². The van der Waals surface area contributed by atoms with Gasteiger partial charge in [-0.05, 0) is 31.4 Å². The lowest BCUT2D eigenvalue weighted by atomic mass is 10.1. The fourth-order valence-electron chi connectivity index (χ4n) is 2.87. The molecule has 0 bridgehead atoms. The molecule has 1 aliphatic rings. The lowest BCUT2D eigenvalue weighted by molar-refractivity contribution is -0.141. The van der Waals surface area contributed by atoms with Gasteiger partial charge in [-0.25, -0.2) is 0 Å². The van der Waals surface area contributed by atoms with E-state index in [0.717, 1.165) is 44.3 Å². The van der Waals surface area contributed by atoms with E-state index in [-0.39, 0.29) is 12.1 Å². The Morgan fingerprint density at radius 3 is 2.45 bits per heavy atom. The molecule has 0 aromatic carbocycles. The maximum atomic E-state index is 12.6. The van der Waals surface area contributed by atoms with Crippen LogP contribution >= 0.6 is 0 Å². The third kappa shape index (κ3) is 5.30. The van der Waals surface area contributed by atoms with Gasteiger partial charge in [-0.15, -0.1) is 0 Å². The van der Waals surface area contributed by atoms with Gasteiger partial charge in [-0.2, -0.15) is 28.1 Å². The van der Waals surface area contributed by atoms with Crippen LogP contribution in [0.1, 0.15) is 41.1 Å². The van der Waals surface area contributed by atoms with Crippen LogP contribution in [0.25, 0.3) is 0 Å². The van der Waals surface area contributed by atoms with Crippen LogP contribution in [0.3, 0.4) is 0 Å². The van der Waals surface area contributed by atoms with Crippen molar-refractivity contribution in [3.63, 3.8) is 0 Å². The van der Waals surface area contributed by atoms with Gasteiger partial charge in [0.1, 0.15) is 5.69 Å². The van der Waals surface area contributed by atoms with Crippen molar-refractivity contribution >= 4 is 17.8 Å². The fourth-order valence-corrected chi connectivity index (χ4v) is 2.87. The van der Waals surface area contributed by atoms with E-state index in [2.05, 4.69) is 30.2 Å². The second kappa shape index (κ2) is 8.58. The predicted molar refractivity (Wildman–Crippen MR) is 101 cm³/mol. The minimum absolute atomic E-state index is 0.0179. The lowest BCUT2D eigenvalue weighted by Crippen LogP contribution is -2.33. The number of carbonyl (C=O) groups is 1. The summed E-state index contributed by atoms with van der Waals surface area (Å²) in [5, 5.41) is 2.62. The molecule has 1 saturated heterocycles. The summed E-state index contributed by atoms with van der Waals surface area (Å²) in [7, 11) is 3.62. The third-order valence-corrected chi connectivity index (χ3v) is 4.42. The van der Waals surface area contributed by atoms with E-state index in [0.29, 0.717) is 17.7 Å². The largest absolute Gasteiger partial charge is 0.433 e. The van der Waals surface area contributed by atoms with Crippen LogP contribution in [0.2, 0.25) is 0 Å². The molecule has 11 heteroatoms. The number of rotatable bonds is 5. The highest BCUT2D eigenvalue weighted by Crippen LogP contribution is 2.27. The highest BCUT2D eigenvalue weighted by atomic mass is 19.4. The van der Waals surface area contributed by atoms with E-state index in [1.807, 2.05) is 14.1 Å². The Bertz CT molecular complexity index is 850. The van der Waals surface area contributed by atoms with Crippen LogP contribution in [0.4, 0.5) is 25.1 Å². The first-order chi connectivity index (χ1) is 13.7. The highest BCUT2D eigenvalue weighted by molar-refractivity contribution is 5.93. The molecule has 156 valence electrons. The first-order valence-corrected chi connectivity index (χ1v) is 9.23. The smallest absolute Gasteiger partial charge is 0.347 e. The predicted octanol–water partition coefficient (Wildman–Crippen LogP) is 2.27. The maximum absolute atomic E-state index is 12.6. The van der Waals surface area contributed by atoms with E-state index in [1.165, 1.54) is 6.42 Å². The van der Waals surface area contributed by atoms with Crippen molar-refractivity contribution in [3.05, 3.63) is 35.4 Å². The molecule has 3 rings (SSSR count). The summed E-state index contributed by atoms with van der Waals surface area (Å²) in [6, 6.07) is 1.86. The molecule has 0 saturated carbocycles. The number of hydrogen-bond donors (Lipinski definition) is 1. The van der Waals surface area contributed by atoms with Gasteiger partial charge >= 0.3 is 6.18 Å². The second-order valence-corrected chi connectivity index (χ2v) is 6.91. The van der Waals surface area contributed by atoms with Crippen molar-refractivity contribution in [2.24, 2.45) is 0 Å². The van der Waals surface area contributed by atoms with Crippen LogP contribution in [0.15, 0.2) is 18.3 Å². The maximum Gasteiger partial charge on any atom is 0.433 e. The number of amides is 1. The Balaban J connectivity index is 1.72. The molecular weight excluding hydrogens is 387 g/mol. The number of nitrogens with zero attached hydrogens (tertiary/aromatic N) is 6. The van der Waals surface area contributed by atoms with Gasteiger partial charge in [0, 0.05) is 33.4 Å². The van der Waals surface area contributed by atoms with Crippen LogP contribution in [0, 0.1) is 0 Å². The second-order valence-electron chi connectivity index (χ2n) is 6.91. The van der Waals surface area contributed by atoms with Gasteiger partial charge in [0.15, 0.2) is 5.82 Å². The van der Waals surface area contributed by atoms with Crippen molar-refractivity contribution in [1.82, 2.24) is 25.3 Å². The van der Waals surface area contributed by atoms with Crippen LogP contribution in [-0.4, -0.2) is 53.0 Å². The Labute approximate surface area is 166 Å². The first kappa shape index (κ1) is 20.7. The van der Waals surface area contributed by atoms with Gasteiger partial charge in [0.05, 0.1) is 12.1 Å². The lowest BCUT2D eigenvalue weighted by Gasteiger charge is -2.27. The first-order valence-electron chi connectivity index (χ1n) is 9.23. The summed E-state index contributed by atoms with van der Waals surface area (Å²) in [6.45, 7) is 1.74. The quantitative estimate of drug-likeness (QED) is 0.811. The fraction of sp³-hybridized carbons (Fsp3) is 0.500. The number of nitrogens with one attached hydrogen (secondary N) is 1. The minimum Gasteiger partial charge on any atom is -0.347 e. The molecule has 1 fully saturated rings. The molecule has 8 nitrogen and oxygen atoms in total. The average molecular weight is 409 g/mol. The minimum atomic E-state index is -4.55. The molecular formula is C18H22F3N7O. The molecule has 0 radical (unpaired) electrons. The van der Waals surface area contributed by atoms with Gasteiger partial charge in [-0.3, -0.25) is 9.78 Å². The third-order valence-electron chi connectivity index (χ3n) is 4.42. The van der Waals surface area contributed by atoms with Gasteiger partial charge in [-0.1, -0.05) is 0 Å². The Morgan fingerprint density at radius 2 is 1.86 bits per heavy atom. The molecule has 3 heterocycles. The van der Waals surface area contributed by atoms with E-state index < -0.39 is 17.8 Å². The normalized spacial score (nSPS) is 14.6. The zero-order valence-electron chi connectivity index (χ0n) is 16.2. The van der Waals surface area contributed by atoms with Crippen molar-refractivity contribution in [1.29, 1.82) is 0 Å². The highest BCUT2D eigenvalue weighted by Gasteiger charge is 2.32. The molecule has 0 aliphatic carbocycles. The molecule has 0 unspecified atom stereocenters. The van der Waals surface area contributed by atoms with Crippen molar-refractivity contribution < 1.29 is 18.0 Å². The summed E-state index contributed by atoms with van der Waals surface area (Å²) in [5.41, 5.74) is -1.02. The van der Waals surface area contributed by atoms with Gasteiger partial charge in [0.25, 0.3) is 5.91 Å².